The molecule has 5 heteroatoms. The SMILES string of the molecule is CNC(=O)N(C)C(=O)I. The van der Waals surface area contributed by atoms with Crippen LogP contribution in [0.1, 0.15) is 0 Å². The van der Waals surface area contributed by atoms with Gasteiger partial charge in [0.25, 0.3) is 3.91 Å². The molecule has 0 rings (SSSR count). The lowest BCUT2D eigenvalue weighted by Gasteiger charge is -2.09. The van der Waals surface area contributed by atoms with Crippen LogP contribution < -0.4 is 5.32 Å². The first-order valence-electron chi connectivity index (χ1n) is 2.24. The zero-order valence-electron chi connectivity index (χ0n) is 5.14. The second kappa shape index (κ2) is 3.65. The number of carbonyl (C=O) groups is 2. The number of halogens is 1. The molecule has 1 N–H and O–H groups in total. The molecule has 0 radical (unpaired) electrons. The first-order chi connectivity index (χ1) is 4.09. The third kappa shape index (κ3) is 2.64. The highest BCUT2D eigenvalue weighted by molar-refractivity contribution is 14.1. The first kappa shape index (κ1) is 8.67. The highest BCUT2D eigenvalue weighted by Gasteiger charge is 2.09. The van der Waals surface area contributed by atoms with E-state index in [9.17, 15) is 9.59 Å². The zero-order chi connectivity index (χ0) is 7.44. The molecule has 0 saturated heterocycles. The minimum Gasteiger partial charge on any atom is -0.341 e. The van der Waals surface area contributed by atoms with Crippen molar-refractivity contribution in [3.63, 3.8) is 0 Å². The van der Waals surface area contributed by atoms with Gasteiger partial charge in [-0.3, -0.25) is 9.69 Å². The summed E-state index contributed by atoms with van der Waals surface area (Å²) in [5, 5.41) is 2.31. The molecule has 0 saturated carbocycles. The van der Waals surface area contributed by atoms with Gasteiger partial charge in [-0.05, 0) is 0 Å². The smallest absolute Gasteiger partial charge is 0.324 e. The number of nitrogens with zero attached hydrogens (tertiary/aromatic N) is 1. The number of nitrogens with one attached hydrogen (secondary N) is 1. The highest BCUT2D eigenvalue weighted by atomic mass is 127. The van der Waals surface area contributed by atoms with Crippen LogP contribution in [0.3, 0.4) is 0 Å². The third-order valence-electron chi connectivity index (χ3n) is 0.782. The summed E-state index contributed by atoms with van der Waals surface area (Å²) in [6.07, 6.45) is 0. The molecule has 0 unspecified atom stereocenters. The maximum atomic E-state index is 10.5. The van der Waals surface area contributed by atoms with Gasteiger partial charge in [-0.1, -0.05) is 0 Å². The van der Waals surface area contributed by atoms with Crippen molar-refractivity contribution >= 4 is 32.5 Å². The van der Waals surface area contributed by atoms with Crippen LogP contribution in [0.2, 0.25) is 0 Å². The summed E-state index contributed by atoms with van der Waals surface area (Å²) in [5.74, 6) is 0. The van der Waals surface area contributed by atoms with Gasteiger partial charge >= 0.3 is 6.03 Å². The fourth-order valence-electron chi connectivity index (χ4n) is 0.248. The Balaban J connectivity index is 3.88. The molecular weight excluding hydrogens is 235 g/mol. The van der Waals surface area contributed by atoms with E-state index in [0.717, 1.165) is 4.90 Å². The molecule has 0 bridgehead atoms. The average Bonchev–Trinajstić information content (AvgIpc) is 1.84. The summed E-state index contributed by atoms with van der Waals surface area (Å²) in [4.78, 5) is 21.9. The van der Waals surface area contributed by atoms with Crippen molar-refractivity contribution in [2.75, 3.05) is 14.1 Å². The number of imide groups is 1. The van der Waals surface area contributed by atoms with Gasteiger partial charge in [-0.2, -0.15) is 0 Å². The van der Waals surface area contributed by atoms with E-state index in [4.69, 9.17) is 0 Å². The van der Waals surface area contributed by atoms with E-state index in [1.807, 2.05) is 0 Å². The van der Waals surface area contributed by atoms with E-state index in [1.165, 1.54) is 36.7 Å². The summed E-state index contributed by atoms with van der Waals surface area (Å²) in [5.41, 5.74) is 0. The molecular formula is C4H7IN2O2. The molecule has 0 heterocycles. The largest absolute Gasteiger partial charge is 0.341 e. The van der Waals surface area contributed by atoms with Crippen LogP contribution in [0.4, 0.5) is 9.59 Å². The predicted octanol–water partition coefficient (Wildman–Crippen LogP) is 0.813. The van der Waals surface area contributed by atoms with Crippen molar-refractivity contribution in [2.24, 2.45) is 0 Å². The van der Waals surface area contributed by atoms with Gasteiger partial charge in [0, 0.05) is 36.7 Å². The number of hydrogen-bond donors (Lipinski definition) is 1. The minimum atomic E-state index is -0.394. The normalized spacial score (nSPS) is 8.33. The molecule has 3 amide bonds. The van der Waals surface area contributed by atoms with E-state index in [1.54, 1.807) is 0 Å². The lowest BCUT2D eigenvalue weighted by molar-refractivity contribution is 0.210. The number of urea groups is 1. The Kier molecular flexibility index (Phi) is 3.52. The lowest BCUT2D eigenvalue weighted by atomic mass is 10.8. The van der Waals surface area contributed by atoms with Crippen LogP contribution >= 0.6 is 22.6 Å². The molecule has 0 aliphatic carbocycles. The molecule has 0 fully saturated rings. The Hall–Kier alpha value is -0.330. The fourth-order valence-corrected chi connectivity index (χ4v) is 0.467. The van der Waals surface area contributed by atoms with Crippen molar-refractivity contribution in [3.05, 3.63) is 0 Å². The second-order valence-corrected chi connectivity index (χ2v) is 2.29. The monoisotopic (exact) mass is 242 g/mol. The molecule has 0 atom stereocenters. The molecule has 52 valence electrons. The van der Waals surface area contributed by atoms with Crippen LogP contribution in [-0.2, 0) is 0 Å². The number of carbonyl (C=O) groups excluding carboxylic acids is 2. The van der Waals surface area contributed by atoms with Gasteiger partial charge in [-0.25, -0.2) is 4.79 Å². The van der Waals surface area contributed by atoms with Gasteiger partial charge in [0.2, 0.25) is 0 Å². The van der Waals surface area contributed by atoms with Gasteiger partial charge in [0.1, 0.15) is 0 Å². The summed E-state index contributed by atoms with van der Waals surface area (Å²) >= 11 is 1.53. The van der Waals surface area contributed by atoms with Crippen LogP contribution in [-0.4, -0.2) is 28.9 Å². The van der Waals surface area contributed by atoms with E-state index in [-0.39, 0.29) is 3.91 Å². The Labute approximate surface area is 66.7 Å². The van der Waals surface area contributed by atoms with Gasteiger partial charge in [0.15, 0.2) is 0 Å². The quantitative estimate of drug-likeness (QED) is 0.388. The first-order valence-corrected chi connectivity index (χ1v) is 3.32. The molecule has 9 heavy (non-hydrogen) atoms. The minimum absolute atomic E-state index is 0.299. The summed E-state index contributed by atoms with van der Waals surface area (Å²) in [7, 11) is 2.88. The van der Waals surface area contributed by atoms with Crippen molar-refractivity contribution in [1.29, 1.82) is 0 Å². The molecule has 0 spiro atoms. The van der Waals surface area contributed by atoms with Gasteiger partial charge in [-0.15, -0.1) is 0 Å². The van der Waals surface area contributed by atoms with Crippen LogP contribution in [0, 0.1) is 0 Å². The predicted molar refractivity (Wildman–Crippen MR) is 41.6 cm³/mol. The van der Waals surface area contributed by atoms with Crippen molar-refractivity contribution in [1.82, 2.24) is 10.2 Å². The van der Waals surface area contributed by atoms with Crippen LogP contribution in [0.25, 0.3) is 0 Å². The Morgan fingerprint density at radius 1 is 1.56 bits per heavy atom. The summed E-state index contributed by atoms with van der Waals surface area (Å²) < 4.78 is -0.299. The maximum Gasteiger partial charge on any atom is 0.324 e. The number of amides is 3. The van der Waals surface area contributed by atoms with Crippen molar-refractivity contribution in [2.45, 2.75) is 0 Å². The van der Waals surface area contributed by atoms with E-state index >= 15 is 0 Å². The Morgan fingerprint density at radius 2 is 2.00 bits per heavy atom. The Morgan fingerprint density at radius 3 is 2.11 bits per heavy atom. The zero-order valence-corrected chi connectivity index (χ0v) is 7.30. The molecule has 0 aliphatic heterocycles. The molecule has 0 aromatic heterocycles. The van der Waals surface area contributed by atoms with E-state index < -0.39 is 6.03 Å². The molecule has 0 aromatic carbocycles. The number of hydrogen-bond acceptors (Lipinski definition) is 2. The van der Waals surface area contributed by atoms with E-state index in [2.05, 4.69) is 5.32 Å². The topological polar surface area (TPSA) is 49.4 Å². The summed E-state index contributed by atoms with van der Waals surface area (Å²) in [6, 6.07) is -0.394. The average molecular weight is 242 g/mol. The van der Waals surface area contributed by atoms with Gasteiger partial charge < -0.3 is 5.32 Å². The highest BCUT2D eigenvalue weighted by Crippen LogP contribution is 1.94. The molecule has 0 aromatic rings. The van der Waals surface area contributed by atoms with Gasteiger partial charge in [0.05, 0.1) is 0 Å². The van der Waals surface area contributed by atoms with Crippen molar-refractivity contribution < 1.29 is 9.59 Å². The molecule has 0 aliphatic rings. The van der Waals surface area contributed by atoms with Crippen LogP contribution in [0.15, 0.2) is 0 Å². The fraction of sp³-hybridized carbons (Fsp3) is 0.500. The van der Waals surface area contributed by atoms with E-state index in [0.29, 0.717) is 0 Å². The summed E-state index contributed by atoms with van der Waals surface area (Å²) in [6.45, 7) is 0. The van der Waals surface area contributed by atoms with Crippen LogP contribution in [0.5, 0.6) is 0 Å². The lowest BCUT2D eigenvalue weighted by Crippen LogP contribution is -2.36. The third-order valence-corrected chi connectivity index (χ3v) is 1.51. The van der Waals surface area contributed by atoms with Crippen molar-refractivity contribution in [3.8, 4) is 0 Å². The number of rotatable bonds is 0. The second-order valence-electron chi connectivity index (χ2n) is 1.37. The maximum absolute atomic E-state index is 10.5. The molecule has 4 nitrogen and oxygen atoms in total. The Bertz CT molecular complexity index is 137. The standard InChI is InChI=1S/C4H7IN2O2/c1-6-4(9)7(2)3(5)8/h1-2H3,(H,6,9).